The zero-order chi connectivity index (χ0) is 19.0. The number of nitrogens with two attached hydrogens (primary N) is 1. The van der Waals surface area contributed by atoms with E-state index in [1.165, 1.54) is 5.56 Å². The van der Waals surface area contributed by atoms with Gasteiger partial charge in [-0.1, -0.05) is 46.8 Å². The van der Waals surface area contributed by atoms with Crippen LogP contribution < -0.4 is 16.4 Å². The molecule has 26 heavy (non-hydrogen) atoms. The smallest absolute Gasteiger partial charge is 0.251 e. The molecule has 1 unspecified atom stereocenters. The Bertz CT molecular complexity index is 565. The monoisotopic (exact) mass is 383 g/mol. The van der Waals surface area contributed by atoms with E-state index in [2.05, 4.69) is 45.3 Å². The summed E-state index contributed by atoms with van der Waals surface area (Å²) in [6.07, 6.45) is 1.11. The van der Waals surface area contributed by atoms with Gasteiger partial charge in [0.05, 0.1) is 0 Å². The molecule has 0 saturated heterocycles. The predicted octanol–water partition coefficient (Wildman–Crippen LogP) is 3.02. The summed E-state index contributed by atoms with van der Waals surface area (Å²) in [4.78, 5) is 24.1. The largest absolute Gasteiger partial charge is 0.352 e. The van der Waals surface area contributed by atoms with E-state index in [0.717, 1.165) is 6.42 Å². The van der Waals surface area contributed by atoms with Gasteiger partial charge in [0.2, 0.25) is 5.91 Å². The van der Waals surface area contributed by atoms with E-state index in [4.69, 9.17) is 5.73 Å². The molecule has 0 radical (unpaired) electrons. The summed E-state index contributed by atoms with van der Waals surface area (Å²) >= 11 is 0. The number of amides is 2. The third kappa shape index (κ3) is 8.68. The molecular formula is C20H34ClN3O2. The van der Waals surface area contributed by atoms with Crippen molar-refractivity contribution in [3.8, 4) is 0 Å². The first-order valence-corrected chi connectivity index (χ1v) is 9.01. The predicted molar refractivity (Wildman–Crippen MR) is 110 cm³/mol. The highest BCUT2D eigenvalue weighted by Crippen LogP contribution is 2.22. The van der Waals surface area contributed by atoms with Crippen molar-refractivity contribution in [2.75, 3.05) is 13.1 Å². The van der Waals surface area contributed by atoms with Crippen LogP contribution in [0.25, 0.3) is 0 Å². The van der Waals surface area contributed by atoms with Gasteiger partial charge >= 0.3 is 0 Å². The lowest BCUT2D eigenvalue weighted by Gasteiger charge is -2.19. The Morgan fingerprint density at radius 1 is 1.12 bits per heavy atom. The van der Waals surface area contributed by atoms with Crippen molar-refractivity contribution >= 4 is 24.2 Å². The van der Waals surface area contributed by atoms with Gasteiger partial charge in [0.15, 0.2) is 0 Å². The van der Waals surface area contributed by atoms with Crippen LogP contribution in [0.4, 0.5) is 0 Å². The number of rotatable bonds is 8. The van der Waals surface area contributed by atoms with E-state index < -0.39 is 0 Å². The Morgan fingerprint density at radius 2 is 1.69 bits per heavy atom. The summed E-state index contributed by atoms with van der Waals surface area (Å²) in [7, 11) is 0. The average Bonchev–Trinajstić information content (AvgIpc) is 2.53. The fourth-order valence-corrected chi connectivity index (χ4v) is 2.60. The molecule has 0 aromatic heterocycles. The Morgan fingerprint density at radius 3 is 2.15 bits per heavy atom. The topological polar surface area (TPSA) is 84.2 Å². The van der Waals surface area contributed by atoms with E-state index in [-0.39, 0.29) is 42.1 Å². The average molecular weight is 384 g/mol. The van der Waals surface area contributed by atoms with Gasteiger partial charge in [0.25, 0.3) is 5.91 Å². The first kappa shape index (κ1) is 24.4. The number of hydrogen-bond donors (Lipinski definition) is 3. The summed E-state index contributed by atoms with van der Waals surface area (Å²) < 4.78 is 0. The number of halogens is 1. The van der Waals surface area contributed by atoms with Crippen molar-refractivity contribution in [1.29, 1.82) is 0 Å². The summed E-state index contributed by atoms with van der Waals surface area (Å²) in [6, 6.07) is 7.58. The molecule has 2 amide bonds. The molecule has 148 valence electrons. The molecule has 0 aliphatic carbocycles. The minimum absolute atomic E-state index is 0. The van der Waals surface area contributed by atoms with Crippen LogP contribution in [-0.2, 0) is 10.2 Å². The van der Waals surface area contributed by atoms with Gasteiger partial charge in [-0.3, -0.25) is 9.59 Å². The zero-order valence-corrected chi connectivity index (χ0v) is 17.4. The van der Waals surface area contributed by atoms with Crippen LogP contribution >= 0.6 is 12.4 Å². The van der Waals surface area contributed by atoms with Gasteiger partial charge in [-0.2, -0.15) is 0 Å². The van der Waals surface area contributed by atoms with Crippen LogP contribution in [0.15, 0.2) is 24.3 Å². The van der Waals surface area contributed by atoms with E-state index in [0.29, 0.717) is 24.6 Å². The number of carbonyl (C=O) groups is 2. The Kier molecular flexibility index (Phi) is 10.5. The van der Waals surface area contributed by atoms with Gasteiger partial charge < -0.3 is 16.4 Å². The van der Waals surface area contributed by atoms with Crippen molar-refractivity contribution < 1.29 is 9.59 Å². The molecule has 1 rings (SSSR count). The quantitative estimate of drug-likeness (QED) is 0.645. The molecule has 1 atom stereocenters. The first-order chi connectivity index (χ1) is 11.6. The second-order valence-electron chi connectivity index (χ2n) is 7.96. The van der Waals surface area contributed by atoms with E-state index >= 15 is 0 Å². The van der Waals surface area contributed by atoms with Gasteiger partial charge in [-0.05, 0) is 35.4 Å². The van der Waals surface area contributed by atoms with E-state index in [1.54, 1.807) is 0 Å². The lowest BCUT2D eigenvalue weighted by Crippen LogP contribution is -2.42. The molecule has 1 aromatic rings. The minimum atomic E-state index is -0.161. The van der Waals surface area contributed by atoms with Crippen LogP contribution in [0.1, 0.15) is 63.4 Å². The lowest BCUT2D eigenvalue weighted by molar-refractivity contribution is -0.121. The number of carbonyl (C=O) groups excluding carboxylic acids is 2. The number of hydrogen-bond acceptors (Lipinski definition) is 3. The second kappa shape index (κ2) is 11.2. The highest BCUT2D eigenvalue weighted by Gasteiger charge is 2.15. The van der Waals surface area contributed by atoms with Crippen molar-refractivity contribution in [3.63, 3.8) is 0 Å². The van der Waals surface area contributed by atoms with Crippen molar-refractivity contribution in [3.05, 3.63) is 35.4 Å². The minimum Gasteiger partial charge on any atom is -0.352 e. The third-order valence-corrected chi connectivity index (χ3v) is 4.06. The van der Waals surface area contributed by atoms with Crippen molar-refractivity contribution in [2.24, 2.45) is 11.7 Å². The van der Waals surface area contributed by atoms with Crippen LogP contribution in [0.5, 0.6) is 0 Å². The normalized spacial score (nSPS) is 12.3. The maximum absolute atomic E-state index is 12.1. The van der Waals surface area contributed by atoms with Crippen molar-refractivity contribution in [1.82, 2.24) is 10.6 Å². The molecule has 0 fully saturated rings. The van der Waals surface area contributed by atoms with E-state index in [9.17, 15) is 9.59 Å². The number of benzene rings is 1. The molecule has 0 aliphatic heterocycles. The Labute approximate surface area is 163 Å². The maximum Gasteiger partial charge on any atom is 0.251 e. The fourth-order valence-electron chi connectivity index (χ4n) is 2.60. The van der Waals surface area contributed by atoms with Crippen molar-refractivity contribution in [2.45, 2.75) is 58.9 Å². The first-order valence-electron chi connectivity index (χ1n) is 9.01. The van der Waals surface area contributed by atoms with Crippen LogP contribution in [0.3, 0.4) is 0 Å². The molecule has 0 saturated carbocycles. The molecule has 5 nitrogen and oxygen atoms in total. The highest BCUT2D eigenvalue weighted by atomic mass is 35.5. The van der Waals surface area contributed by atoms with Gasteiger partial charge in [0, 0.05) is 31.1 Å². The Balaban J connectivity index is 0.00000625. The number of nitrogens with one attached hydrogen (secondary N) is 2. The van der Waals surface area contributed by atoms with Gasteiger partial charge in [-0.15, -0.1) is 12.4 Å². The van der Waals surface area contributed by atoms with Gasteiger partial charge in [-0.25, -0.2) is 0 Å². The third-order valence-electron chi connectivity index (χ3n) is 4.06. The maximum atomic E-state index is 12.1. The van der Waals surface area contributed by atoms with Crippen LogP contribution in [0, 0.1) is 5.92 Å². The van der Waals surface area contributed by atoms with E-state index in [1.807, 2.05) is 24.3 Å². The van der Waals surface area contributed by atoms with Crippen LogP contribution in [0.2, 0.25) is 0 Å². The molecule has 0 bridgehead atoms. The molecule has 0 heterocycles. The fraction of sp³-hybridized carbons (Fsp3) is 0.600. The molecular weight excluding hydrogens is 350 g/mol. The summed E-state index contributed by atoms with van der Waals surface area (Å²) in [5, 5.41) is 5.71. The summed E-state index contributed by atoms with van der Waals surface area (Å²) in [5.74, 6) is 0.231. The molecule has 0 spiro atoms. The SMILES string of the molecule is CC(C)CC(CN)NC(=O)CCNC(=O)c1ccc(C(C)(C)C)cc1.Cl. The molecule has 4 N–H and O–H groups in total. The summed E-state index contributed by atoms with van der Waals surface area (Å²) in [6.45, 7) is 11.3. The molecule has 1 aromatic carbocycles. The lowest BCUT2D eigenvalue weighted by atomic mass is 9.87. The van der Waals surface area contributed by atoms with Gasteiger partial charge in [0.1, 0.15) is 0 Å². The summed E-state index contributed by atoms with van der Waals surface area (Å²) in [5.41, 5.74) is 7.53. The highest BCUT2D eigenvalue weighted by molar-refractivity contribution is 5.94. The zero-order valence-electron chi connectivity index (χ0n) is 16.6. The standard InChI is InChI=1S/C20H33N3O2.ClH/c1-14(2)12-17(13-21)23-18(24)10-11-22-19(25)15-6-8-16(9-7-15)20(3,4)5;/h6-9,14,17H,10-13,21H2,1-5H3,(H,22,25)(H,23,24);1H. The second-order valence-corrected chi connectivity index (χ2v) is 7.96. The van der Waals surface area contributed by atoms with Crippen LogP contribution in [-0.4, -0.2) is 30.9 Å². The molecule has 0 aliphatic rings. The Hall–Kier alpha value is -1.59. The molecule has 6 heteroatoms.